The topological polar surface area (TPSA) is 99.0 Å². The van der Waals surface area contributed by atoms with E-state index >= 15 is 0 Å². The third kappa shape index (κ3) is 5.82. The Bertz CT molecular complexity index is 1040. The SMILES string of the molecule is N#CNC(=Nc1cccc(OC(F)F)c1)N1CC(CCN)C(c2ccc(Cl)c(Cl)c2)=N1. The Hall–Kier alpha value is -2.93. The van der Waals surface area contributed by atoms with Crippen LogP contribution in [0.25, 0.3) is 0 Å². The second-order valence-electron chi connectivity index (χ2n) is 6.52. The van der Waals surface area contributed by atoms with Gasteiger partial charge >= 0.3 is 6.61 Å². The highest BCUT2D eigenvalue weighted by atomic mass is 35.5. The quantitative estimate of drug-likeness (QED) is 0.285. The number of aliphatic imine (C=N–C) groups is 1. The third-order valence-corrected chi connectivity index (χ3v) is 5.17. The zero-order valence-corrected chi connectivity index (χ0v) is 17.6. The Morgan fingerprint density at radius 2 is 2.13 bits per heavy atom. The van der Waals surface area contributed by atoms with Gasteiger partial charge in [0.25, 0.3) is 0 Å². The van der Waals surface area contributed by atoms with Crippen LogP contribution in [0.2, 0.25) is 10.0 Å². The van der Waals surface area contributed by atoms with Gasteiger partial charge in [0.2, 0.25) is 5.96 Å². The number of guanidine groups is 1. The van der Waals surface area contributed by atoms with Gasteiger partial charge in [-0.3, -0.25) is 5.32 Å². The minimum absolute atomic E-state index is 0.0403. The van der Waals surface area contributed by atoms with E-state index in [4.69, 9.17) is 28.9 Å². The molecule has 3 N–H and O–H groups in total. The number of ether oxygens (including phenoxy) is 1. The molecule has 162 valence electrons. The molecule has 1 aliphatic rings. The van der Waals surface area contributed by atoms with Gasteiger partial charge in [0.05, 0.1) is 28.0 Å². The van der Waals surface area contributed by atoms with Crippen molar-refractivity contribution in [2.75, 3.05) is 13.1 Å². The van der Waals surface area contributed by atoms with Gasteiger partial charge in [-0.15, -0.1) is 0 Å². The predicted molar refractivity (Wildman–Crippen MR) is 116 cm³/mol. The van der Waals surface area contributed by atoms with Crippen molar-refractivity contribution < 1.29 is 13.5 Å². The number of hydrazone groups is 1. The van der Waals surface area contributed by atoms with Crippen molar-refractivity contribution in [3.05, 3.63) is 58.1 Å². The lowest BCUT2D eigenvalue weighted by Crippen LogP contribution is -2.35. The second-order valence-corrected chi connectivity index (χ2v) is 7.33. The Labute approximate surface area is 187 Å². The van der Waals surface area contributed by atoms with E-state index in [2.05, 4.69) is 20.1 Å². The summed E-state index contributed by atoms with van der Waals surface area (Å²) in [7, 11) is 0. The summed E-state index contributed by atoms with van der Waals surface area (Å²) >= 11 is 12.2. The number of nitrogens with two attached hydrogens (primary N) is 1. The fourth-order valence-corrected chi connectivity index (χ4v) is 3.41. The molecule has 0 spiro atoms. The summed E-state index contributed by atoms with van der Waals surface area (Å²) in [6.07, 6.45) is 2.47. The number of nitrogens with zero attached hydrogens (tertiary/aromatic N) is 4. The monoisotopic (exact) mass is 466 g/mol. The lowest BCUT2D eigenvalue weighted by Gasteiger charge is -2.16. The third-order valence-electron chi connectivity index (χ3n) is 4.43. The van der Waals surface area contributed by atoms with E-state index in [1.165, 1.54) is 23.2 Å². The van der Waals surface area contributed by atoms with E-state index in [9.17, 15) is 14.0 Å². The Morgan fingerprint density at radius 1 is 1.32 bits per heavy atom. The van der Waals surface area contributed by atoms with Crippen LogP contribution in [0.15, 0.2) is 52.6 Å². The normalized spacial score (nSPS) is 16.3. The minimum Gasteiger partial charge on any atom is -0.435 e. The molecule has 0 bridgehead atoms. The largest absolute Gasteiger partial charge is 0.435 e. The molecule has 1 atom stereocenters. The van der Waals surface area contributed by atoms with Crippen LogP contribution in [-0.4, -0.2) is 36.4 Å². The number of nitriles is 1. The lowest BCUT2D eigenvalue weighted by molar-refractivity contribution is -0.0498. The lowest BCUT2D eigenvalue weighted by atomic mass is 9.94. The van der Waals surface area contributed by atoms with E-state index in [1.807, 2.05) is 6.19 Å². The molecule has 2 aromatic rings. The first-order valence-electron chi connectivity index (χ1n) is 9.21. The van der Waals surface area contributed by atoms with Crippen LogP contribution < -0.4 is 15.8 Å². The van der Waals surface area contributed by atoms with Gasteiger partial charge in [0, 0.05) is 12.0 Å². The Balaban J connectivity index is 1.95. The molecule has 1 unspecified atom stereocenters. The van der Waals surface area contributed by atoms with Crippen LogP contribution in [0.3, 0.4) is 0 Å². The Morgan fingerprint density at radius 3 is 2.81 bits per heavy atom. The smallest absolute Gasteiger partial charge is 0.387 e. The van der Waals surface area contributed by atoms with E-state index < -0.39 is 6.61 Å². The summed E-state index contributed by atoms with van der Waals surface area (Å²) in [4.78, 5) is 4.35. The van der Waals surface area contributed by atoms with Gasteiger partial charge in [-0.05, 0) is 42.8 Å². The first-order valence-corrected chi connectivity index (χ1v) is 9.97. The van der Waals surface area contributed by atoms with Gasteiger partial charge in [-0.2, -0.15) is 19.1 Å². The number of rotatable bonds is 6. The molecule has 0 fully saturated rings. The maximum Gasteiger partial charge on any atom is 0.387 e. The average molecular weight is 467 g/mol. The van der Waals surface area contributed by atoms with Crippen molar-refractivity contribution >= 4 is 40.6 Å². The number of benzene rings is 2. The summed E-state index contributed by atoms with van der Waals surface area (Å²) in [5.74, 6) is 0.0465. The van der Waals surface area contributed by atoms with Crippen molar-refractivity contribution in [3.63, 3.8) is 0 Å². The van der Waals surface area contributed by atoms with Crippen LogP contribution in [0.1, 0.15) is 12.0 Å². The molecule has 1 aliphatic heterocycles. The highest BCUT2D eigenvalue weighted by Gasteiger charge is 2.30. The van der Waals surface area contributed by atoms with Gasteiger partial charge in [0.15, 0.2) is 6.19 Å². The molecular weight excluding hydrogens is 449 g/mol. The molecule has 7 nitrogen and oxygen atoms in total. The maximum atomic E-state index is 12.5. The molecule has 0 aromatic heterocycles. The van der Waals surface area contributed by atoms with Crippen molar-refractivity contribution in [3.8, 4) is 11.9 Å². The van der Waals surface area contributed by atoms with E-state index in [0.717, 1.165) is 11.3 Å². The first-order chi connectivity index (χ1) is 14.9. The molecule has 1 heterocycles. The molecule has 0 saturated heterocycles. The number of alkyl halides is 2. The molecule has 0 radical (unpaired) electrons. The summed E-state index contributed by atoms with van der Waals surface area (Å²) in [5.41, 5.74) is 7.58. The highest BCUT2D eigenvalue weighted by Crippen LogP contribution is 2.28. The van der Waals surface area contributed by atoms with E-state index in [-0.39, 0.29) is 17.6 Å². The van der Waals surface area contributed by atoms with E-state index in [0.29, 0.717) is 35.2 Å². The number of halogens is 4. The molecular formula is C20H18Cl2F2N6O. The Kier molecular flexibility index (Phi) is 7.63. The highest BCUT2D eigenvalue weighted by molar-refractivity contribution is 6.42. The summed E-state index contributed by atoms with van der Waals surface area (Å²) in [6.45, 7) is -2.11. The number of hydrogen-bond donors (Lipinski definition) is 2. The van der Waals surface area contributed by atoms with Crippen LogP contribution in [-0.2, 0) is 0 Å². The first kappa shape index (κ1) is 22.7. The zero-order chi connectivity index (χ0) is 22.4. The van der Waals surface area contributed by atoms with Crippen molar-refractivity contribution in [2.24, 2.45) is 21.7 Å². The molecule has 0 saturated carbocycles. The van der Waals surface area contributed by atoms with Crippen LogP contribution in [0.5, 0.6) is 5.75 Å². The molecule has 11 heteroatoms. The summed E-state index contributed by atoms with van der Waals surface area (Å²) in [6, 6.07) is 11.0. The molecule has 31 heavy (non-hydrogen) atoms. The molecule has 0 aliphatic carbocycles. The van der Waals surface area contributed by atoms with Gasteiger partial charge in [-0.1, -0.05) is 35.3 Å². The van der Waals surface area contributed by atoms with Crippen LogP contribution in [0.4, 0.5) is 14.5 Å². The molecule has 0 amide bonds. The van der Waals surface area contributed by atoms with Gasteiger partial charge in [-0.25, -0.2) is 10.0 Å². The second kappa shape index (κ2) is 10.4. The van der Waals surface area contributed by atoms with Crippen LogP contribution in [0, 0.1) is 17.4 Å². The summed E-state index contributed by atoms with van der Waals surface area (Å²) in [5, 5.41) is 18.6. The minimum atomic E-state index is -2.95. The van der Waals surface area contributed by atoms with Crippen LogP contribution >= 0.6 is 23.2 Å². The number of hydrogen-bond acceptors (Lipinski definition) is 5. The summed E-state index contributed by atoms with van der Waals surface area (Å²) < 4.78 is 29.4. The van der Waals surface area contributed by atoms with Gasteiger partial charge < -0.3 is 10.5 Å². The van der Waals surface area contributed by atoms with Crippen molar-refractivity contribution in [2.45, 2.75) is 13.0 Å². The fourth-order valence-electron chi connectivity index (χ4n) is 3.11. The van der Waals surface area contributed by atoms with E-state index in [1.54, 1.807) is 24.3 Å². The van der Waals surface area contributed by atoms with Crippen molar-refractivity contribution in [1.29, 1.82) is 5.26 Å². The fraction of sp³-hybridized carbons (Fsp3) is 0.250. The molecule has 3 rings (SSSR count). The zero-order valence-electron chi connectivity index (χ0n) is 16.1. The standard InChI is InChI=1S/C20H18Cl2F2N6O/c21-16-5-4-12(8-17(16)22)18-13(6-7-25)10-30(29-18)20(27-11-26)28-14-2-1-3-15(9-14)31-19(23)24/h1-5,8-9,13,19H,6-7,10,25H2,(H,27,28). The van der Waals surface area contributed by atoms with Crippen molar-refractivity contribution in [1.82, 2.24) is 10.3 Å². The average Bonchev–Trinajstić information content (AvgIpc) is 3.14. The predicted octanol–water partition coefficient (Wildman–Crippen LogP) is 4.34. The number of nitrogens with one attached hydrogen (secondary N) is 1. The maximum absolute atomic E-state index is 12.5. The van der Waals surface area contributed by atoms with Gasteiger partial charge in [0.1, 0.15) is 5.75 Å². The molecule has 2 aromatic carbocycles.